The zero-order chi connectivity index (χ0) is 17.2. The zero-order valence-corrected chi connectivity index (χ0v) is 14.9. The van der Waals surface area contributed by atoms with E-state index in [9.17, 15) is 0 Å². The van der Waals surface area contributed by atoms with Crippen LogP contribution in [0, 0.1) is 6.92 Å². The minimum Gasteiger partial charge on any atom is -0.497 e. The molecule has 4 nitrogen and oxygen atoms in total. The van der Waals surface area contributed by atoms with Gasteiger partial charge in [0, 0.05) is 17.5 Å². The molecule has 4 aromatic rings. The minimum absolute atomic E-state index is 0.571. The third-order valence-electron chi connectivity index (χ3n) is 4.21. The molecular weight excluding hydrogens is 332 g/mol. The molecule has 0 bridgehead atoms. The summed E-state index contributed by atoms with van der Waals surface area (Å²) in [5.41, 5.74) is 4.40. The van der Waals surface area contributed by atoms with Gasteiger partial charge < -0.3 is 9.47 Å². The molecule has 0 saturated heterocycles. The molecule has 0 saturated carbocycles. The maximum absolute atomic E-state index is 5.96. The van der Waals surface area contributed by atoms with Crippen molar-refractivity contribution in [1.29, 1.82) is 0 Å². The van der Waals surface area contributed by atoms with Gasteiger partial charge in [0.2, 0.25) is 0 Å². The highest BCUT2D eigenvalue weighted by atomic mass is 32.1. The van der Waals surface area contributed by atoms with Crippen LogP contribution in [0.2, 0.25) is 0 Å². The second kappa shape index (κ2) is 6.61. The fourth-order valence-electron chi connectivity index (χ4n) is 2.73. The van der Waals surface area contributed by atoms with Crippen LogP contribution in [-0.4, -0.2) is 16.7 Å². The van der Waals surface area contributed by atoms with Gasteiger partial charge in [-0.05, 0) is 30.2 Å². The number of imidazole rings is 1. The topological polar surface area (TPSA) is 36.3 Å². The first kappa shape index (κ1) is 15.7. The van der Waals surface area contributed by atoms with Gasteiger partial charge in [-0.25, -0.2) is 4.98 Å². The first-order valence-corrected chi connectivity index (χ1v) is 8.90. The van der Waals surface area contributed by atoms with Crippen molar-refractivity contribution in [2.75, 3.05) is 7.11 Å². The van der Waals surface area contributed by atoms with Gasteiger partial charge in [0.05, 0.1) is 18.1 Å². The summed E-state index contributed by atoms with van der Waals surface area (Å²) in [5, 5.41) is 3.09. The number of hydrogen-bond acceptors (Lipinski definition) is 4. The SMILES string of the molecule is COc1ccc2ncn(-c3cc(OCc4ccccc4C)cs3)c2c1. The monoisotopic (exact) mass is 350 g/mol. The fraction of sp³-hybridized carbons (Fsp3) is 0.150. The second-order valence-corrected chi connectivity index (χ2v) is 6.69. The number of ether oxygens (including phenoxy) is 2. The predicted octanol–water partition coefficient (Wildman–Crippen LogP) is 4.98. The van der Waals surface area contributed by atoms with E-state index in [4.69, 9.17) is 9.47 Å². The maximum Gasteiger partial charge on any atom is 0.132 e. The molecule has 126 valence electrons. The molecule has 0 atom stereocenters. The number of fused-ring (bicyclic) bond motifs is 1. The van der Waals surface area contributed by atoms with E-state index in [2.05, 4.69) is 28.6 Å². The summed E-state index contributed by atoms with van der Waals surface area (Å²) in [6.45, 7) is 2.67. The normalized spacial score (nSPS) is 11.0. The van der Waals surface area contributed by atoms with E-state index < -0.39 is 0 Å². The maximum atomic E-state index is 5.96. The Morgan fingerprint density at radius 2 is 1.96 bits per heavy atom. The van der Waals surface area contributed by atoms with E-state index in [0.717, 1.165) is 27.5 Å². The van der Waals surface area contributed by atoms with Crippen molar-refractivity contribution >= 4 is 22.4 Å². The Bertz CT molecular complexity index is 1020. The van der Waals surface area contributed by atoms with Crippen LogP contribution < -0.4 is 9.47 Å². The molecule has 0 N–H and O–H groups in total. The summed E-state index contributed by atoms with van der Waals surface area (Å²) in [6.07, 6.45) is 1.83. The van der Waals surface area contributed by atoms with Gasteiger partial charge in [0.1, 0.15) is 29.4 Å². The summed E-state index contributed by atoms with van der Waals surface area (Å²) in [5.74, 6) is 1.69. The summed E-state index contributed by atoms with van der Waals surface area (Å²) >= 11 is 1.63. The van der Waals surface area contributed by atoms with E-state index in [-0.39, 0.29) is 0 Å². The third kappa shape index (κ3) is 3.10. The minimum atomic E-state index is 0.571. The van der Waals surface area contributed by atoms with Gasteiger partial charge in [-0.15, -0.1) is 11.3 Å². The van der Waals surface area contributed by atoms with Crippen LogP contribution in [0.5, 0.6) is 11.5 Å². The van der Waals surface area contributed by atoms with Gasteiger partial charge in [0.25, 0.3) is 0 Å². The molecule has 0 aliphatic carbocycles. The number of hydrogen-bond donors (Lipinski definition) is 0. The molecule has 2 aromatic carbocycles. The molecule has 2 aromatic heterocycles. The Hall–Kier alpha value is -2.79. The predicted molar refractivity (Wildman–Crippen MR) is 101 cm³/mol. The molecule has 0 aliphatic heterocycles. The zero-order valence-electron chi connectivity index (χ0n) is 14.1. The number of aromatic nitrogens is 2. The number of nitrogens with zero attached hydrogens (tertiary/aromatic N) is 2. The average Bonchev–Trinajstić information content (AvgIpc) is 3.27. The smallest absolute Gasteiger partial charge is 0.132 e. The summed E-state index contributed by atoms with van der Waals surface area (Å²) < 4.78 is 13.3. The molecule has 0 unspecified atom stereocenters. The number of benzene rings is 2. The van der Waals surface area contributed by atoms with Crippen molar-refractivity contribution in [1.82, 2.24) is 9.55 Å². The number of rotatable bonds is 5. The summed E-state index contributed by atoms with van der Waals surface area (Å²) in [7, 11) is 1.67. The molecule has 0 fully saturated rings. The van der Waals surface area contributed by atoms with Crippen LogP contribution in [-0.2, 0) is 6.61 Å². The molecule has 4 rings (SSSR count). The van der Waals surface area contributed by atoms with E-state index >= 15 is 0 Å². The van der Waals surface area contributed by atoms with Gasteiger partial charge in [-0.3, -0.25) is 4.57 Å². The Balaban J connectivity index is 1.58. The molecule has 25 heavy (non-hydrogen) atoms. The van der Waals surface area contributed by atoms with Crippen molar-refractivity contribution in [2.45, 2.75) is 13.5 Å². The third-order valence-corrected chi connectivity index (χ3v) is 5.12. The number of methoxy groups -OCH3 is 1. The fourth-order valence-corrected chi connectivity index (χ4v) is 3.55. The van der Waals surface area contributed by atoms with Gasteiger partial charge in [-0.2, -0.15) is 0 Å². The van der Waals surface area contributed by atoms with E-state index in [1.807, 2.05) is 48.1 Å². The summed E-state index contributed by atoms with van der Waals surface area (Å²) in [4.78, 5) is 4.46. The van der Waals surface area contributed by atoms with E-state index in [1.165, 1.54) is 11.1 Å². The lowest BCUT2D eigenvalue weighted by Crippen LogP contribution is -1.96. The van der Waals surface area contributed by atoms with Gasteiger partial charge in [-0.1, -0.05) is 24.3 Å². The molecule has 2 heterocycles. The van der Waals surface area contributed by atoms with Crippen LogP contribution in [0.3, 0.4) is 0 Å². The van der Waals surface area contributed by atoms with E-state index in [0.29, 0.717) is 6.61 Å². The Morgan fingerprint density at radius 3 is 2.80 bits per heavy atom. The lowest BCUT2D eigenvalue weighted by Gasteiger charge is -2.06. The van der Waals surface area contributed by atoms with Crippen LogP contribution in [0.1, 0.15) is 11.1 Å². The van der Waals surface area contributed by atoms with Crippen molar-refractivity contribution in [3.8, 4) is 16.5 Å². The molecule has 0 radical (unpaired) electrons. The molecular formula is C20H18N2O2S. The van der Waals surface area contributed by atoms with Crippen molar-refractivity contribution < 1.29 is 9.47 Å². The first-order valence-electron chi connectivity index (χ1n) is 8.02. The second-order valence-electron chi connectivity index (χ2n) is 5.81. The number of aryl methyl sites for hydroxylation is 1. The van der Waals surface area contributed by atoms with Gasteiger partial charge >= 0.3 is 0 Å². The van der Waals surface area contributed by atoms with Crippen LogP contribution >= 0.6 is 11.3 Å². The highest BCUT2D eigenvalue weighted by Gasteiger charge is 2.09. The lowest BCUT2D eigenvalue weighted by molar-refractivity contribution is 0.307. The Morgan fingerprint density at radius 1 is 1.08 bits per heavy atom. The Kier molecular flexibility index (Phi) is 4.15. The standard InChI is InChI=1S/C20H18N2O2S/c1-14-5-3-4-6-15(14)11-24-17-10-20(25-12-17)22-13-21-18-8-7-16(23-2)9-19(18)22/h3-10,12-13H,11H2,1-2H3. The lowest BCUT2D eigenvalue weighted by atomic mass is 10.1. The van der Waals surface area contributed by atoms with E-state index in [1.54, 1.807) is 18.4 Å². The molecule has 0 aliphatic rings. The summed E-state index contributed by atoms with van der Waals surface area (Å²) in [6, 6.07) is 16.2. The molecule has 0 amide bonds. The molecule has 5 heteroatoms. The van der Waals surface area contributed by atoms with Crippen molar-refractivity contribution in [3.05, 3.63) is 71.4 Å². The average molecular weight is 350 g/mol. The molecule has 0 spiro atoms. The van der Waals surface area contributed by atoms with Crippen LogP contribution in [0.4, 0.5) is 0 Å². The highest BCUT2D eigenvalue weighted by Crippen LogP contribution is 2.30. The van der Waals surface area contributed by atoms with Gasteiger partial charge in [0.15, 0.2) is 0 Å². The van der Waals surface area contributed by atoms with Crippen molar-refractivity contribution in [2.24, 2.45) is 0 Å². The van der Waals surface area contributed by atoms with Crippen LogP contribution in [0.25, 0.3) is 16.0 Å². The largest absolute Gasteiger partial charge is 0.497 e. The van der Waals surface area contributed by atoms with Crippen molar-refractivity contribution in [3.63, 3.8) is 0 Å². The van der Waals surface area contributed by atoms with Crippen LogP contribution in [0.15, 0.2) is 60.2 Å². The number of thiophene rings is 1. The first-order chi connectivity index (χ1) is 12.2. The highest BCUT2D eigenvalue weighted by molar-refractivity contribution is 7.12. The Labute approximate surface area is 150 Å². The quantitative estimate of drug-likeness (QED) is 0.509.